The van der Waals surface area contributed by atoms with Crippen LogP contribution in [-0.4, -0.2) is 11.1 Å². The second-order valence-corrected chi connectivity index (χ2v) is 5.27. The lowest BCUT2D eigenvalue weighted by Gasteiger charge is -2.24. The van der Waals surface area contributed by atoms with Crippen LogP contribution in [0.3, 0.4) is 0 Å². The number of hydrogen-bond donors (Lipinski definition) is 1. The highest BCUT2D eigenvalue weighted by molar-refractivity contribution is 5.81. The normalized spacial score (nSPS) is 34.5. The molecular weight excluding hydrogens is 233 g/mol. The van der Waals surface area contributed by atoms with Gasteiger partial charge < -0.3 is 5.11 Å². The van der Waals surface area contributed by atoms with E-state index >= 15 is 0 Å². The summed E-state index contributed by atoms with van der Waals surface area (Å²) in [5.74, 6) is -3.82. The van der Waals surface area contributed by atoms with E-state index in [2.05, 4.69) is 0 Å². The Kier molecular flexibility index (Phi) is 2.75. The molecule has 0 bridgehead atoms. The van der Waals surface area contributed by atoms with Crippen molar-refractivity contribution in [1.29, 1.82) is 0 Å². The third-order valence-corrected chi connectivity index (χ3v) is 4.70. The summed E-state index contributed by atoms with van der Waals surface area (Å²) >= 11 is 0. The van der Waals surface area contributed by atoms with Crippen molar-refractivity contribution in [2.45, 2.75) is 39.0 Å². The summed E-state index contributed by atoms with van der Waals surface area (Å²) in [6, 6.07) is 0. The molecule has 96 valence electrons. The molecule has 1 N–H and O–H groups in total. The number of halogens is 3. The van der Waals surface area contributed by atoms with E-state index in [0.29, 0.717) is 12.8 Å². The number of rotatable bonds is 2. The zero-order valence-corrected chi connectivity index (χ0v) is 9.60. The van der Waals surface area contributed by atoms with Gasteiger partial charge in [0.05, 0.1) is 5.41 Å². The van der Waals surface area contributed by atoms with Gasteiger partial charge >= 0.3 is 12.0 Å². The van der Waals surface area contributed by atoms with Crippen molar-refractivity contribution < 1.29 is 23.1 Å². The Morgan fingerprint density at radius 2 is 1.71 bits per heavy atom. The molecule has 0 aliphatic heterocycles. The maximum atomic E-state index is 13.5. The van der Waals surface area contributed by atoms with E-state index in [1.165, 1.54) is 6.92 Å². The highest BCUT2D eigenvalue weighted by atomic mass is 19.3. The number of allylic oxidation sites excluding steroid dienone is 1. The number of carboxylic acids is 1. The molecule has 17 heavy (non-hydrogen) atoms. The molecule has 0 radical (unpaired) electrons. The highest BCUT2D eigenvalue weighted by Crippen LogP contribution is 2.77. The molecule has 0 saturated heterocycles. The number of hydrogen-bond acceptors (Lipinski definition) is 1. The van der Waals surface area contributed by atoms with E-state index < -0.39 is 34.6 Å². The molecule has 2 atom stereocenters. The predicted octanol–water partition coefficient (Wildman–Crippen LogP) is 3.74. The minimum Gasteiger partial charge on any atom is -0.481 e. The molecule has 2 nitrogen and oxygen atoms in total. The zero-order chi connectivity index (χ0) is 12.8. The van der Waals surface area contributed by atoms with Crippen LogP contribution >= 0.6 is 0 Å². The van der Waals surface area contributed by atoms with Gasteiger partial charge in [0.2, 0.25) is 0 Å². The van der Waals surface area contributed by atoms with Crippen molar-refractivity contribution in [2.75, 3.05) is 0 Å². The van der Waals surface area contributed by atoms with E-state index in [0.717, 1.165) is 19.3 Å². The van der Waals surface area contributed by atoms with Crippen molar-refractivity contribution >= 4 is 5.97 Å². The van der Waals surface area contributed by atoms with Crippen molar-refractivity contribution in [1.82, 2.24) is 0 Å². The van der Waals surface area contributed by atoms with Crippen LogP contribution in [0.2, 0.25) is 0 Å². The van der Waals surface area contributed by atoms with Crippen molar-refractivity contribution in [3.63, 3.8) is 0 Å². The Balaban J connectivity index is 2.38. The molecule has 0 amide bonds. The summed E-state index contributed by atoms with van der Waals surface area (Å²) in [7, 11) is 0. The van der Waals surface area contributed by atoms with E-state index in [1.807, 2.05) is 0 Å². The van der Waals surface area contributed by atoms with Crippen LogP contribution in [0.4, 0.5) is 13.2 Å². The standard InChI is InChI=1S/C12H15F3O2/c1-11(10(16)17)8(7(13)9(14)15)12(11)5-3-2-4-6-12/h8H,2-6H2,1H3,(H,16,17). The molecule has 2 rings (SSSR count). The zero-order valence-electron chi connectivity index (χ0n) is 9.60. The Labute approximate surface area is 97.5 Å². The molecule has 0 aromatic heterocycles. The monoisotopic (exact) mass is 248 g/mol. The lowest BCUT2D eigenvalue weighted by atomic mass is 9.80. The maximum absolute atomic E-state index is 13.5. The Morgan fingerprint density at radius 1 is 1.18 bits per heavy atom. The molecule has 1 spiro atoms. The summed E-state index contributed by atoms with van der Waals surface area (Å²) in [6.07, 6.45) is 1.24. The fraction of sp³-hybridized carbons (Fsp3) is 0.750. The molecule has 0 aromatic rings. The molecule has 2 aliphatic carbocycles. The largest absolute Gasteiger partial charge is 0.481 e. The minimum atomic E-state index is -2.37. The molecule has 5 heteroatoms. The minimum absolute atomic E-state index is 0.529. The van der Waals surface area contributed by atoms with Crippen molar-refractivity contribution in [3.8, 4) is 0 Å². The molecular formula is C12H15F3O2. The average Bonchev–Trinajstić information content (AvgIpc) is 2.79. The van der Waals surface area contributed by atoms with Gasteiger partial charge in [0.25, 0.3) is 0 Å². The van der Waals surface area contributed by atoms with E-state index in [-0.39, 0.29) is 0 Å². The summed E-state index contributed by atoms with van der Waals surface area (Å²) in [6.45, 7) is 1.40. The molecule has 0 heterocycles. The fourth-order valence-corrected chi connectivity index (χ4v) is 3.70. The van der Waals surface area contributed by atoms with Crippen LogP contribution in [0.15, 0.2) is 11.9 Å². The second-order valence-electron chi connectivity index (χ2n) is 5.27. The first kappa shape index (κ1) is 12.5. The number of aliphatic carboxylic acids is 1. The third-order valence-electron chi connectivity index (χ3n) is 4.70. The fourth-order valence-electron chi connectivity index (χ4n) is 3.70. The molecule has 2 aliphatic rings. The average molecular weight is 248 g/mol. The van der Waals surface area contributed by atoms with E-state index in [1.54, 1.807) is 0 Å². The topological polar surface area (TPSA) is 37.3 Å². The summed E-state index contributed by atoms with van der Waals surface area (Å²) < 4.78 is 38.2. The molecule has 0 aromatic carbocycles. The molecule has 2 fully saturated rings. The van der Waals surface area contributed by atoms with E-state index in [9.17, 15) is 23.1 Å². The van der Waals surface area contributed by atoms with Gasteiger partial charge in [-0.05, 0) is 25.2 Å². The molecule has 2 unspecified atom stereocenters. The SMILES string of the molecule is CC1(C(=O)O)C(C(F)=C(F)F)C12CCCCC2. The second kappa shape index (κ2) is 3.75. The first-order valence-electron chi connectivity index (χ1n) is 5.82. The van der Waals surface area contributed by atoms with Gasteiger partial charge in [-0.3, -0.25) is 4.79 Å². The Bertz CT molecular complexity index is 381. The Hall–Kier alpha value is -1.00. The van der Waals surface area contributed by atoms with Gasteiger partial charge in [0.1, 0.15) is 0 Å². The number of carboxylic acid groups (broad SMARTS) is 1. The van der Waals surface area contributed by atoms with Gasteiger partial charge in [-0.2, -0.15) is 8.78 Å². The van der Waals surface area contributed by atoms with E-state index in [4.69, 9.17) is 0 Å². The third kappa shape index (κ3) is 1.44. The van der Waals surface area contributed by atoms with Crippen LogP contribution in [0, 0.1) is 16.7 Å². The van der Waals surface area contributed by atoms with Crippen LogP contribution in [0.25, 0.3) is 0 Å². The highest BCUT2D eigenvalue weighted by Gasteiger charge is 2.79. The van der Waals surface area contributed by atoms with Crippen LogP contribution in [0.5, 0.6) is 0 Å². The van der Waals surface area contributed by atoms with Crippen molar-refractivity contribution in [2.24, 2.45) is 16.7 Å². The van der Waals surface area contributed by atoms with Gasteiger partial charge in [0, 0.05) is 5.92 Å². The smallest absolute Gasteiger partial charge is 0.310 e. The lowest BCUT2D eigenvalue weighted by molar-refractivity contribution is -0.144. The first-order chi connectivity index (χ1) is 7.88. The Morgan fingerprint density at radius 3 is 2.12 bits per heavy atom. The van der Waals surface area contributed by atoms with Crippen LogP contribution in [-0.2, 0) is 4.79 Å². The summed E-state index contributed by atoms with van der Waals surface area (Å²) in [4.78, 5) is 11.3. The summed E-state index contributed by atoms with van der Waals surface area (Å²) in [5.41, 5.74) is -2.15. The van der Waals surface area contributed by atoms with Crippen molar-refractivity contribution in [3.05, 3.63) is 11.9 Å². The van der Waals surface area contributed by atoms with Gasteiger partial charge in [-0.15, -0.1) is 0 Å². The van der Waals surface area contributed by atoms with Crippen LogP contribution in [0.1, 0.15) is 39.0 Å². The summed E-state index contributed by atoms with van der Waals surface area (Å²) in [5, 5.41) is 9.20. The van der Waals surface area contributed by atoms with Gasteiger partial charge in [-0.1, -0.05) is 19.3 Å². The van der Waals surface area contributed by atoms with Gasteiger partial charge in [0.15, 0.2) is 5.83 Å². The first-order valence-corrected chi connectivity index (χ1v) is 5.82. The lowest BCUT2D eigenvalue weighted by Crippen LogP contribution is -2.22. The number of carbonyl (C=O) groups is 1. The molecule has 2 saturated carbocycles. The quantitative estimate of drug-likeness (QED) is 0.808. The van der Waals surface area contributed by atoms with Crippen LogP contribution < -0.4 is 0 Å². The predicted molar refractivity (Wildman–Crippen MR) is 55.1 cm³/mol. The maximum Gasteiger partial charge on any atom is 0.310 e. The van der Waals surface area contributed by atoms with Gasteiger partial charge in [-0.25, -0.2) is 4.39 Å².